The minimum absolute atomic E-state index is 0.467. The monoisotopic (exact) mass is 284 g/mol. The third kappa shape index (κ3) is 2.47. The molecule has 2 aromatic heterocycles. The molecular weight excluding hydrogens is 268 g/mol. The molecule has 21 heavy (non-hydrogen) atoms. The fraction of sp³-hybridized carbons (Fsp3) is 0.200. The van der Waals surface area contributed by atoms with Crippen molar-refractivity contribution in [2.24, 2.45) is 0 Å². The molecule has 3 aromatic rings. The summed E-state index contributed by atoms with van der Waals surface area (Å²) < 4.78 is 12.3. The van der Waals surface area contributed by atoms with Crippen molar-refractivity contribution >= 4 is 17.0 Å². The van der Waals surface area contributed by atoms with Crippen LogP contribution in [0.4, 0.5) is 5.95 Å². The van der Waals surface area contributed by atoms with Crippen molar-refractivity contribution in [3.8, 4) is 11.6 Å². The molecule has 0 aliphatic rings. The number of benzene rings is 1. The van der Waals surface area contributed by atoms with E-state index in [9.17, 15) is 0 Å². The molecule has 0 aliphatic heterocycles. The van der Waals surface area contributed by atoms with Gasteiger partial charge in [-0.25, -0.2) is 9.97 Å². The van der Waals surface area contributed by atoms with Crippen molar-refractivity contribution in [1.29, 1.82) is 0 Å². The molecule has 3 rings (SSSR count). The van der Waals surface area contributed by atoms with E-state index in [1.807, 2.05) is 34.9 Å². The van der Waals surface area contributed by atoms with E-state index < -0.39 is 0 Å². The Morgan fingerprint density at radius 3 is 2.76 bits per heavy atom. The Bertz CT molecular complexity index is 782. The van der Waals surface area contributed by atoms with Gasteiger partial charge in [0.2, 0.25) is 11.8 Å². The van der Waals surface area contributed by atoms with E-state index in [0.29, 0.717) is 18.4 Å². The molecule has 6 nitrogen and oxygen atoms in total. The van der Waals surface area contributed by atoms with Crippen molar-refractivity contribution in [3.05, 3.63) is 42.1 Å². The Morgan fingerprint density at radius 2 is 2.00 bits per heavy atom. The highest BCUT2D eigenvalue weighted by atomic mass is 16.5. The first-order chi connectivity index (χ1) is 10.2. The van der Waals surface area contributed by atoms with E-state index in [4.69, 9.17) is 15.2 Å². The number of nitrogens with zero attached hydrogens (tertiary/aromatic N) is 3. The molecule has 0 bridgehead atoms. The van der Waals surface area contributed by atoms with Gasteiger partial charge in [0, 0.05) is 18.3 Å². The Balaban J connectivity index is 2.04. The van der Waals surface area contributed by atoms with Crippen LogP contribution in [0.3, 0.4) is 0 Å². The van der Waals surface area contributed by atoms with E-state index in [2.05, 4.69) is 9.97 Å². The molecule has 0 atom stereocenters. The number of nitrogens with two attached hydrogens (primary N) is 1. The van der Waals surface area contributed by atoms with Gasteiger partial charge in [-0.15, -0.1) is 0 Å². The first-order valence-corrected chi connectivity index (χ1v) is 6.50. The van der Waals surface area contributed by atoms with Crippen LogP contribution in [0, 0.1) is 0 Å². The molecular formula is C15H16N4O2. The first-order valence-electron chi connectivity index (χ1n) is 6.50. The normalized spacial score (nSPS) is 10.8. The summed E-state index contributed by atoms with van der Waals surface area (Å²) in [5.41, 5.74) is 8.84. The number of rotatable bonds is 4. The summed E-state index contributed by atoms with van der Waals surface area (Å²) in [7, 11) is 3.23. The molecule has 0 fully saturated rings. The fourth-order valence-electron chi connectivity index (χ4n) is 2.26. The van der Waals surface area contributed by atoms with Crippen molar-refractivity contribution in [3.63, 3.8) is 0 Å². The second-order valence-electron chi connectivity index (χ2n) is 4.62. The van der Waals surface area contributed by atoms with Gasteiger partial charge >= 0.3 is 0 Å². The number of nitrogen functional groups attached to an aromatic ring is 1. The Labute approximate surface area is 122 Å². The van der Waals surface area contributed by atoms with E-state index >= 15 is 0 Å². The van der Waals surface area contributed by atoms with Crippen LogP contribution < -0.4 is 15.2 Å². The molecule has 2 heterocycles. The largest absolute Gasteiger partial charge is 0.497 e. The summed E-state index contributed by atoms with van der Waals surface area (Å²) in [4.78, 5) is 8.47. The average molecular weight is 284 g/mol. The molecule has 1 aromatic carbocycles. The topological polar surface area (TPSA) is 75.2 Å². The highest BCUT2D eigenvalue weighted by molar-refractivity contribution is 5.80. The van der Waals surface area contributed by atoms with Gasteiger partial charge < -0.3 is 19.8 Å². The van der Waals surface area contributed by atoms with E-state index in [1.54, 1.807) is 20.4 Å². The average Bonchev–Trinajstić information content (AvgIpc) is 2.82. The number of fused-ring (bicyclic) bond motifs is 1. The van der Waals surface area contributed by atoms with Gasteiger partial charge in [0.25, 0.3) is 0 Å². The maximum absolute atomic E-state index is 6.03. The van der Waals surface area contributed by atoms with Crippen LogP contribution in [0.5, 0.6) is 11.6 Å². The molecule has 0 saturated carbocycles. The van der Waals surface area contributed by atoms with Gasteiger partial charge in [-0.1, -0.05) is 0 Å². The molecule has 0 radical (unpaired) electrons. The van der Waals surface area contributed by atoms with Gasteiger partial charge in [0.05, 0.1) is 31.8 Å². The van der Waals surface area contributed by atoms with Crippen molar-refractivity contribution in [1.82, 2.24) is 14.5 Å². The minimum atomic E-state index is 0.467. The lowest BCUT2D eigenvalue weighted by atomic mass is 10.2. The zero-order valence-corrected chi connectivity index (χ0v) is 11.9. The number of hydrogen-bond donors (Lipinski definition) is 1. The van der Waals surface area contributed by atoms with E-state index in [1.165, 1.54) is 0 Å². The lowest BCUT2D eigenvalue weighted by molar-refractivity contribution is 0.397. The molecule has 2 N–H and O–H groups in total. The lowest BCUT2D eigenvalue weighted by Crippen LogP contribution is -2.05. The van der Waals surface area contributed by atoms with E-state index in [0.717, 1.165) is 22.3 Å². The van der Waals surface area contributed by atoms with Gasteiger partial charge in [-0.3, -0.25) is 0 Å². The molecule has 0 saturated heterocycles. The maximum atomic E-state index is 6.03. The van der Waals surface area contributed by atoms with E-state index in [-0.39, 0.29) is 0 Å². The minimum Gasteiger partial charge on any atom is -0.497 e. The molecule has 0 unspecified atom stereocenters. The summed E-state index contributed by atoms with van der Waals surface area (Å²) in [6.07, 6.45) is 1.71. The third-order valence-corrected chi connectivity index (χ3v) is 3.33. The summed E-state index contributed by atoms with van der Waals surface area (Å²) in [6.45, 7) is 0.592. The van der Waals surface area contributed by atoms with Crippen molar-refractivity contribution < 1.29 is 9.47 Å². The SMILES string of the molecule is COc1ccc2nc(N)n(Cc3ccnc(OC)c3)c2c1. The highest BCUT2D eigenvalue weighted by Crippen LogP contribution is 2.24. The van der Waals surface area contributed by atoms with Crippen LogP contribution >= 0.6 is 0 Å². The number of methoxy groups -OCH3 is 2. The van der Waals surface area contributed by atoms with Gasteiger partial charge in [0.15, 0.2) is 0 Å². The number of ether oxygens (including phenoxy) is 2. The number of anilines is 1. The lowest BCUT2D eigenvalue weighted by Gasteiger charge is -2.08. The standard InChI is InChI=1S/C15H16N4O2/c1-20-11-3-4-12-13(8-11)19(15(16)18-12)9-10-5-6-17-14(7-10)21-2/h3-8H,9H2,1-2H3,(H2,16,18). The fourth-order valence-corrected chi connectivity index (χ4v) is 2.26. The molecule has 0 spiro atoms. The Morgan fingerprint density at radius 1 is 1.14 bits per heavy atom. The summed E-state index contributed by atoms with van der Waals surface area (Å²) in [5.74, 6) is 1.82. The van der Waals surface area contributed by atoms with Crippen LogP contribution in [0.25, 0.3) is 11.0 Å². The third-order valence-electron chi connectivity index (χ3n) is 3.33. The van der Waals surface area contributed by atoms with Crippen LogP contribution in [0.1, 0.15) is 5.56 Å². The second kappa shape index (κ2) is 5.32. The summed E-state index contributed by atoms with van der Waals surface area (Å²) in [5, 5.41) is 0. The number of aromatic nitrogens is 3. The first kappa shape index (κ1) is 13.2. The summed E-state index contributed by atoms with van der Waals surface area (Å²) >= 11 is 0. The highest BCUT2D eigenvalue weighted by Gasteiger charge is 2.10. The quantitative estimate of drug-likeness (QED) is 0.794. The van der Waals surface area contributed by atoms with Crippen LogP contribution in [-0.2, 0) is 6.54 Å². The number of pyridine rings is 1. The van der Waals surface area contributed by atoms with Crippen molar-refractivity contribution in [2.45, 2.75) is 6.54 Å². The second-order valence-corrected chi connectivity index (χ2v) is 4.62. The van der Waals surface area contributed by atoms with Gasteiger partial charge in [-0.2, -0.15) is 0 Å². The molecule has 0 aliphatic carbocycles. The van der Waals surface area contributed by atoms with Crippen LogP contribution in [0.2, 0.25) is 0 Å². The number of imidazole rings is 1. The van der Waals surface area contributed by atoms with Crippen molar-refractivity contribution in [2.75, 3.05) is 20.0 Å². The zero-order valence-electron chi connectivity index (χ0n) is 11.9. The predicted molar refractivity (Wildman–Crippen MR) is 80.6 cm³/mol. The van der Waals surface area contributed by atoms with Crippen LogP contribution in [0.15, 0.2) is 36.5 Å². The van der Waals surface area contributed by atoms with Gasteiger partial charge in [0.1, 0.15) is 5.75 Å². The number of hydrogen-bond acceptors (Lipinski definition) is 5. The van der Waals surface area contributed by atoms with Crippen LogP contribution in [-0.4, -0.2) is 28.8 Å². The summed E-state index contributed by atoms with van der Waals surface area (Å²) in [6, 6.07) is 9.50. The Hall–Kier alpha value is -2.76. The zero-order chi connectivity index (χ0) is 14.8. The molecule has 108 valence electrons. The molecule has 0 amide bonds. The Kier molecular flexibility index (Phi) is 3.35. The maximum Gasteiger partial charge on any atom is 0.213 e. The molecule has 6 heteroatoms. The predicted octanol–water partition coefficient (Wildman–Crippen LogP) is 2.08. The van der Waals surface area contributed by atoms with Gasteiger partial charge in [-0.05, 0) is 23.8 Å². The smallest absolute Gasteiger partial charge is 0.213 e.